The van der Waals surface area contributed by atoms with Gasteiger partial charge in [0.05, 0.1) is 20.3 Å². The third-order valence-electron chi connectivity index (χ3n) is 4.58. The lowest BCUT2D eigenvalue weighted by atomic mass is 10.1. The van der Waals surface area contributed by atoms with Crippen LogP contribution >= 0.6 is 11.6 Å². The van der Waals surface area contributed by atoms with Crippen LogP contribution in [-0.4, -0.2) is 62.8 Å². The zero-order valence-electron chi connectivity index (χ0n) is 18.9. The van der Waals surface area contributed by atoms with Crippen LogP contribution in [0.2, 0.25) is 5.02 Å². The van der Waals surface area contributed by atoms with Crippen LogP contribution in [-0.2, 0) is 33.4 Å². The van der Waals surface area contributed by atoms with Gasteiger partial charge in [-0.25, -0.2) is 4.79 Å². The first-order chi connectivity index (χ1) is 15.3. The number of anilines is 1. The average molecular weight is 471 g/mol. The lowest BCUT2D eigenvalue weighted by Gasteiger charge is -2.32. The average Bonchev–Trinajstić information content (AvgIpc) is 2.77. The van der Waals surface area contributed by atoms with Crippen LogP contribution in [0.15, 0.2) is 24.3 Å². The van der Waals surface area contributed by atoms with E-state index in [2.05, 4.69) is 5.32 Å². The number of carbonyl (C=O) groups excluding carboxylic acids is 4. The fraction of sp³-hybridized carbons (Fsp3) is 0.545. The second-order valence-corrected chi connectivity index (χ2v) is 7.20. The predicted molar refractivity (Wildman–Crippen MR) is 119 cm³/mol. The summed E-state index contributed by atoms with van der Waals surface area (Å²) < 4.78 is 14.7. The molecule has 0 fully saturated rings. The van der Waals surface area contributed by atoms with Crippen LogP contribution in [0.5, 0.6) is 0 Å². The Morgan fingerprint density at radius 2 is 1.62 bits per heavy atom. The predicted octanol–water partition coefficient (Wildman–Crippen LogP) is 2.49. The Labute approximate surface area is 193 Å². The minimum absolute atomic E-state index is 0.0256. The van der Waals surface area contributed by atoms with E-state index in [1.54, 1.807) is 49.9 Å². The SMILES string of the molecule is CCOC(=O)CC[C@H](NC(=O)[C@@H](CC)N(CC(=O)OC)c1ccc(Cl)cc1)C(=O)OCC. The van der Waals surface area contributed by atoms with E-state index in [-0.39, 0.29) is 32.6 Å². The summed E-state index contributed by atoms with van der Waals surface area (Å²) in [5.74, 6) is -2.15. The maximum atomic E-state index is 13.2. The Balaban J connectivity index is 3.09. The Morgan fingerprint density at radius 1 is 1.00 bits per heavy atom. The molecular formula is C22H31ClN2O7. The molecule has 0 spiro atoms. The smallest absolute Gasteiger partial charge is 0.328 e. The van der Waals surface area contributed by atoms with Crippen molar-refractivity contribution in [2.24, 2.45) is 0 Å². The van der Waals surface area contributed by atoms with Crippen molar-refractivity contribution in [3.05, 3.63) is 29.3 Å². The molecule has 9 nitrogen and oxygen atoms in total. The van der Waals surface area contributed by atoms with Gasteiger partial charge >= 0.3 is 17.9 Å². The maximum absolute atomic E-state index is 13.2. The van der Waals surface area contributed by atoms with Crippen LogP contribution in [0, 0.1) is 0 Å². The minimum Gasteiger partial charge on any atom is -0.468 e. The molecular weight excluding hydrogens is 440 g/mol. The maximum Gasteiger partial charge on any atom is 0.328 e. The molecule has 32 heavy (non-hydrogen) atoms. The van der Waals surface area contributed by atoms with Crippen LogP contribution in [0.25, 0.3) is 0 Å². The van der Waals surface area contributed by atoms with Crippen molar-refractivity contribution in [2.75, 3.05) is 31.8 Å². The lowest BCUT2D eigenvalue weighted by Crippen LogP contribution is -2.53. The molecule has 1 rings (SSSR count). The second kappa shape index (κ2) is 14.3. The molecule has 178 valence electrons. The Kier molecular flexibility index (Phi) is 12.2. The number of carbonyl (C=O) groups is 4. The van der Waals surface area contributed by atoms with Gasteiger partial charge in [-0.2, -0.15) is 0 Å². The number of amides is 1. The standard InChI is InChI=1S/C22H31ClN2O7/c1-5-18(25(14-20(27)30-4)16-10-8-15(23)9-11-16)21(28)24-17(22(29)32-7-3)12-13-19(26)31-6-2/h8-11,17-18H,5-7,12-14H2,1-4H3,(H,24,28)/t17-,18+/m0/s1. The molecule has 10 heteroatoms. The number of hydrogen-bond donors (Lipinski definition) is 1. The molecule has 1 N–H and O–H groups in total. The summed E-state index contributed by atoms with van der Waals surface area (Å²) >= 11 is 5.96. The van der Waals surface area contributed by atoms with Crippen LogP contribution in [0.1, 0.15) is 40.0 Å². The Bertz CT molecular complexity index is 770. The van der Waals surface area contributed by atoms with E-state index in [1.807, 2.05) is 0 Å². The number of nitrogens with zero attached hydrogens (tertiary/aromatic N) is 1. The molecule has 0 heterocycles. The Hall–Kier alpha value is -2.81. The van der Waals surface area contributed by atoms with Gasteiger partial charge in [-0.05, 0) is 51.0 Å². The molecule has 0 saturated carbocycles. The minimum atomic E-state index is -1.04. The largest absolute Gasteiger partial charge is 0.468 e. The van der Waals surface area contributed by atoms with E-state index < -0.39 is 35.9 Å². The molecule has 1 aromatic rings. The summed E-state index contributed by atoms with van der Waals surface area (Å²) in [7, 11) is 1.26. The third-order valence-corrected chi connectivity index (χ3v) is 4.83. The number of ether oxygens (including phenoxy) is 3. The van der Waals surface area contributed by atoms with Gasteiger partial charge in [0.25, 0.3) is 0 Å². The molecule has 0 unspecified atom stereocenters. The van der Waals surface area contributed by atoms with E-state index in [0.29, 0.717) is 17.1 Å². The fourth-order valence-electron chi connectivity index (χ4n) is 3.02. The zero-order chi connectivity index (χ0) is 24.1. The summed E-state index contributed by atoms with van der Waals surface area (Å²) in [6, 6.07) is 4.83. The van der Waals surface area contributed by atoms with Gasteiger partial charge in [-0.3, -0.25) is 14.4 Å². The quantitative estimate of drug-likeness (QED) is 0.345. The van der Waals surface area contributed by atoms with Crippen molar-refractivity contribution in [1.82, 2.24) is 5.32 Å². The summed E-state index contributed by atoms with van der Waals surface area (Å²) in [4.78, 5) is 50.8. The molecule has 0 radical (unpaired) electrons. The van der Waals surface area contributed by atoms with Crippen molar-refractivity contribution in [2.45, 2.75) is 52.1 Å². The first kappa shape index (κ1) is 27.2. The molecule has 0 bridgehead atoms. The number of hydrogen-bond acceptors (Lipinski definition) is 8. The highest BCUT2D eigenvalue weighted by Gasteiger charge is 2.31. The molecule has 0 aliphatic heterocycles. The highest BCUT2D eigenvalue weighted by atomic mass is 35.5. The highest BCUT2D eigenvalue weighted by Crippen LogP contribution is 2.22. The van der Waals surface area contributed by atoms with E-state index in [4.69, 9.17) is 25.8 Å². The van der Waals surface area contributed by atoms with Gasteiger partial charge in [-0.15, -0.1) is 0 Å². The molecule has 0 aliphatic rings. The molecule has 0 saturated heterocycles. The molecule has 1 amide bonds. The van der Waals surface area contributed by atoms with Crippen molar-refractivity contribution in [3.63, 3.8) is 0 Å². The summed E-state index contributed by atoms with van der Waals surface area (Å²) in [6.07, 6.45) is 0.300. The normalized spacial score (nSPS) is 12.3. The van der Waals surface area contributed by atoms with Crippen LogP contribution in [0.4, 0.5) is 5.69 Å². The second-order valence-electron chi connectivity index (χ2n) is 6.76. The monoisotopic (exact) mass is 470 g/mol. The lowest BCUT2D eigenvalue weighted by molar-refractivity contribution is -0.149. The van der Waals surface area contributed by atoms with E-state index >= 15 is 0 Å². The molecule has 0 aromatic heterocycles. The van der Waals surface area contributed by atoms with Gasteiger partial charge in [0.1, 0.15) is 18.6 Å². The van der Waals surface area contributed by atoms with Gasteiger partial charge in [-0.1, -0.05) is 18.5 Å². The number of halogens is 1. The Morgan fingerprint density at radius 3 is 2.16 bits per heavy atom. The number of nitrogens with one attached hydrogen (secondary N) is 1. The number of rotatable bonds is 13. The van der Waals surface area contributed by atoms with Crippen LogP contribution < -0.4 is 10.2 Å². The van der Waals surface area contributed by atoms with Crippen molar-refractivity contribution in [1.29, 1.82) is 0 Å². The molecule has 2 atom stereocenters. The first-order valence-corrected chi connectivity index (χ1v) is 10.9. The van der Waals surface area contributed by atoms with Gasteiger partial charge in [0.15, 0.2) is 0 Å². The van der Waals surface area contributed by atoms with E-state index in [0.717, 1.165) is 0 Å². The van der Waals surface area contributed by atoms with E-state index in [9.17, 15) is 19.2 Å². The van der Waals surface area contributed by atoms with Gasteiger partial charge < -0.3 is 24.4 Å². The number of methoxy groups -OCH3 is 1. The zero-order valence-corrected chi connectivity index (χ0v) is 19.6. The highest BCUT2D eigenvalue weighted by molar-refractivity contribution is 6.30. The summed E-state index contributed by atoms with van der Waals surface area (Å²) in [6.45, 7) is 5.27. The van der Waals surface area contributed by atoms with Gasteiger partial charge in [0.2, 0.25) is 5.91 Å². The van der Waals surface area contributed by atoms with Gasteiger partial charge in [0, 0.05) is 17.1 Å². The topological polar surface area (TPSA) is 111 Å². The van der Waals surface area contributed by atoms with E-state index in [1.165, 1.54) is 7.11 Å². The summed E-state index contributed by atoms with van der Waals surface area (Å²) in [5.41, 5.74) is 0.584. The molecule has 1 aromatic carbocycles. The van der Waals surface area contributed by atoms with Crippen LogP contribution in [0.3, 0.4) is 0 Å². The number of benzene rings is 1. The fourth-order valence-corrected chi connectivity index (χ4v) is 3.15. The first-order valence-electron chi connectivity index (χ1n) is 10.5. The van der Waals surface area contributed by atoms with Crippen molar-refractivity contribution < 1.29 is 33.4 Å². The third kappa shape index (κ3) is 8.74. The number of esters is 3. The van der Waals surface area contributed by atoms with Crippen molar-refractivity contribution >= 4 is 41.1 Å². The molecule has 0 aliphatic carbocycles. The van der Waals surface area contributed by atoms with Crippen molar-refractivity contribution in [3.8, 4) is 0 Å². The summed E-state index contributed by atoms with van der Waals surface area (Å²) in [5, 5.41) is 3.17.